The van der Waals surface area contributed by atoms with Crippen molar-refractivity contribution in [2.45, 2.75) is 6.17 Å². The standard InChI is InChI=1S/C19H16FN5S/c20-14-4-1-12(2-5-14)18(22)15(9-21)13-3-6-17-24-10-16(25(17)11-13)19-23-7-8-26-19/h1-11,17,21,24H,22H2. The van der Waals surface area contributed by atoms with E-state index in [1.54, 1.807) is 29.7 Å². The molecule has 5 nitrogen and oxygen atoms in total. The molecule has 1 atom stereocenters. The fraction of sp³-hybridized carbons (Fsp3) is 0.0526. The number of fused-ring (bicyclic) bond motifs is 1. The van der Waals surface area contributed by atoms with Crippen LogP contribution in [0.2, 0.25) is 0 Å². The second kappa shape index (κ2) is 6.61. The molecule has 1 aromatic carbocycles. The van der Waals surface area contributed by atoms with Gasteiger partial charge in [0.05, 0.1) is 5.70 Å². The van der Waals surface area contributed by atoms with Gasteiger partial charge < -0.3 is 21.4 Å². The third kappa shape index (κ3) is 2.82. The van der Waals surface area contributed by atoms with Gasteiger partial charge in [-0.1, -0.05) is 6.08 Å². The van der Waals surface area contributed by atoms with E-state index < -0.39 is 0 Å². The second-order valence-corrected chi connectivity index (χ2v) is 6.70. The molecule has 2 aliphatic heterocycles. The topological polar surface area (TPSA) is 78.0 Å². The number of thiazole rings is 1. The molecule has 4 N–H and O–H groups in total. The lowest BCUT2D eigenvalue weighted by molar-refractivity contribution is 0.438. The third-order valence-electron chi connectivity index (χ3n) is 4.26. The summed E-state index contributed by atoms with van der Waals surface area (Å²) in [5.74, 6) is -0.320. The van der Waals surface area contributed by atoms with Gasteiger partial charge in [0.15, 0.2) is 0 Å². The Balaban J connectivity index is 1.72. The molecular weight excluding hydrogens is 349 g/mol. The predicted octanol–water partition coefficient (Wildman–Crippen LogP) is 3.29. The quantitative estimate of drug-likeness (QED) is 0.727. The average molecular weight is 365 g/mol. The van der Waals surface area contributed by atoms with Crippen LogP contribution in [-0.2, 0) is 0 Å². The first-order valence-electron chi connectivity index (χ1n) is 7.98. The van der Waals surface area contributed by atoms with Gasteiger partial charge in [0.25, 0.3) is 0 Å². The fourth-order valence-electron chi connectivity index (χ4n) is 2.94. The van der Waals surface area contributed by atoms with Crippen molar-refractivity contribution >= 4 is 28.9 Å². The molecule has 0 amide bonds. The summed E-state index contributed by atoms with van der Waals surface area (Å²) >= 11 is 1.56. The number of hydrogen-bond donors (Lipinski definition) is 3. The van der Waals surface area contributed by atoms with Crippen LogP contribution >= 0.6 is 11.3 Å². The summed E-state index contributed by atoms with van der Waals surface area (Å²) in [6.45, 7) is 0. The van der Waals surface area contributed by atoms with Crippen molar-refractivity contribution < 1.29 is 4.39 Å². The van der Waals surface area contributed by atoms with Crippen LogP contribution in [0.4, 0.5) is 4.39 Å². The highest BCUT2D eigenvalue weighted by Gasteiger charge is 2.28. The zero-order valence-electron chi connectivity index (χ0n) is 13.7. The van der Waals surface area contributed by atoms with E-state index >= 15 is 0 Å². The molecule has 2 aromatic rings. The van der Waals surface area contributed by atoms with Crippen LogP contribution in [0.25, 0.3) is 11.4 Å². The Labute approximate surface area is 154 Å². The van der Waals surface area contributed by atoms with Gasteiger partial charge in [-0.3, -0.25) is 0 Å². The first kappa shape index (κ1) is 16.3. The lowest BCUT2D eigenvalue weighted by atomic mass is 9.99. The number of hydrogen-bond acceptors (Lipinski definition) is 6. The molecule has 0 bridgehead atoms. The minimum absolute atomic E-state index is 0.0108. The van der Waals surface area contributed by atoms with Crippen molar-refractivity contribution in [1.29, 1.82) is 5.41 Å². The van der Waals surface area contributed by atoms with E-state index in [9.17, 15) is 4.39 Å². The average Bonchev–Trinajstić information content (AvgIpc) is 3.32. The van der Waals surface area contributed by atoms with E-state index in [0.717, 1.165) is 16.3 Å². The molecule has 0 saturated carbocycles. The maximum Gasteiger partial charge on any atom is 0.141 e. The van der Waals surface area contributed by atoms with Crippen LogP contribution in [0.5, 0.6) is 0 Å². The summed E-state index contributed by atoms with van der Waals surface area (Å²) in [4.78, 5) is 6.43. The lowest BCUT2D eigenvalue weighted by Crippen LogP contribution is -2.33. The van der Waals surface area contributed by atoms with E-state index in [2.05, 4.69) is 15.2 Å². The van der Waals surface area contributed by atoms with Crippen LogP contribution in [0.1, 0.15) is 10.6 Å². The molecule has 26 heavy (non-hydrogen) atoms. The van der Waals surface area contributed by atoms with Gasteiger partial charge in [-0.15, -0.1) is 11.3 Å². The number of benzene rings is 1. The molecule has 7 heteroatoms. The Bertz CT molecular complexity index is 954. The molecule has 0 aliphatic carbocycles. The van der Waals surface area contributed by atoms with Gasteiger partial charge in [-0.25, -0.2) is 9.37 Å². The van der Waals surface area contributed by atoms with Crippen LogP contribution < -0.4 is 11.1 Å². The molecule has 130 valence electrons. The number of rotatable bonds is 4. The number of nitrogens with two attached hydrogens (primary N) is 1. The molecule has 3 heterocycles. The molecule has 0 fully saturated rings. The minimum atomic E-state index is -0.320. The third-order valence-corrected chi connectivity index (χ3v) is 5.05. The van der Waals surface area contributed by atoms with Gasteiger partial charge in [-0.05, 0) is 35.9 Å². The number of nitrogens with one attached hydrogen (secondary N) is 2. The normalized spacial score (nSPS) is 19.3. The summed E-state index contributed by atoms with van der Waals surface area (Å²) in [5, 5.41) is 14.0. The van der Waals surface area contributed by atoms with Gasteiger partial charge in [0.1, 0.15) is 17.0 Å². The zero-order chi connectivity index (χ0) is 18.1. The lowest BCUT2D eigenvalue weighted by Gasteiger charge is -2.27. The first-order chi connectivity index (χ1) is 12.7. The van der Waals surface area contributed by atoms with Gasteiger partial charge in [0, 0.05) is 47.0 Å². The largest absolute Gasteiger partial charge is 0.398 e. The van der Waals surface area contributed by atoms with Gasteiger partial charge in [0.2, 0.25) is 0 Å². The van der Waals surface area contributed by atoms with Crippen molar-refractivity contribution in [3.8, 4) is 0 Å². The highest BCUT2D eigenvalue weighted by Crippen LogP contribution is 2.32. The summed E-state index contributed by atoms with van der Waals surface area (Å²) in [6, 6.07) is 5.95. The Kier molecular flexibility index (Phi) is 4.14. The van der Waals surface area contributed by atoms with Crippen LogP contribution in [0.3, 0.4) is 0 Å². The number of halogens is 1. The van der Waals surface area contributed by atoms with Crippen molar-refractivity contribution in [2.75, 3.05) is 0 Å². The van der Waals surface area contributed by atoms with Crippen molar-refractivity contribution in [1.82, 2.24) is 15.2 Å². The molecule has 0 saturated heterocycles. The summed E-state index contributed by atoms with van der Waals surface area (Å²) in [5.41, 5.74) is 9.74. The summed E-state index contributed by atoms with van der Waals surface area (Å²) in [6.07, 6.45) is 10.8. The second-order valence-electron chi connectivity index (χ2n) is 5.81. The van der Waals surface area contributed by atoms with Gasteiger partial charge in [-0.2, -0.15) is 0 Å². The smallest absolute Gasteiger partial charge is 0.141 e. The Morgan fingerprint density at radius 1 is 1.35 bits per heavy atom. The van der Waals surface area contributed by atoms with Crippen LogP contribution in [-0.4, -0.2) is 22.3 Å². The van der Waals surface area contributed by atoms with Crippen LogP contribution in [0.15, 0.2) is 71.5 Å². The molecular formula is C19H16FN5S. The molecule has 0 spiro atoms. The zero-order valence-corrected chi connectivity index (χ0v) is 14.5. The van der Waals surface area contributed by atoms with E-state index in [-0.39, 0.29) is 12.0 Å². The van der Waals surface area contributed by atoms with E-state index in [1.807, 2.05) is 29.9 Å². The van der Waals surface area contributed by atoms with E-state index in [4.69, 9.17) is 11.1 Å². The fourth-order valence-corrected chi connectivity index (χ4v) is 3.60. The maximum absolute atomic E-state index is 13.2. The monoisotopic (exact) mass is 365 g/mol. The van der Waals surface area contributed by atoms with Crippen molar-refractivity contribution in [3.05, 3.63) is 87.9 Å². The molecule has 1 aromatic heterocycles. The number of allylic oxidation sites excluding steroid dienone is 3. The molecule has 1 unspecified atom stereocenters. The molecule has 4 rings (SSSR count). The Hall–Kier alpha value is -3.19. The van der Waals surface area contributed by atoms with Crippen molar-refractivity contribution in [2.24, 2.45) is 5.73 Å². The molecule has 2 aliphatic rings. The van der Waals surface area contributed by atoms with Crippen LogP contribution in [0, 0.1) is 11.2 Å². The highest BCUT2D eigenvalue weighted by atomic mass is 32.1. The summed E-state index contributed by atoms with van der Waals surface area (Å²) in [7, 11) is 0. The predicted molar refractivity (Wildman–Crippen MR) is 102 cm³/mol. The van der Waals surface area contributed by atoms with E-state index in [1.165, 1.54) is 18.3 Å². The number of nitrogens with zero attached hydrogens (tertiary/aromatic N) is 2. The Morgan fingerprint density at radius 2 is 2.15 bits per heavy atom. The summed E-state index contributed by atoms with van der Waals surface area (Å²) < 4.78 is 13.2. The SMILES string of the molecule is N=CC(C1=CN2C(c3nccs3)=CNC2C=C1)=C(N)c1ccc(F)cc1. The van der Waals surface area contributed by atoms with Crippen molar-refractivity contribution in [3.63, 3.8) is 0 Å². The maximum atomic E-state index is 13.2. The molecule has 0 radical (unpaired) electrons. The highest BCUT2D eigenvalue weighted by molar-refractivity contribution is 7.10. The van der Waals surface area contributed by atoms with E-state index in [0.29, 0.717) is 16.8 Å². The van der Waals surface area contributed by atoms with Gasteiger partial charge >= 0.3 is 0 Å². The Morgan fingerprint density at radius 3 is 2.85 bits per heavy atom. The number of aromatic nitrogens is 1. The minimum Gasteiger partial charge on any atom is -0.398 e. The first-order valence-corrected chi connectivity index (χ1v) is 8.86.